The Labute approximate surface area is 198 Å². The molecule has 0 bridgehead atoms. The van der Waals surface area contributed by atoms with E-state index in [2.05, 4.69) is 10.3 Å². The second kappa shape index (κ2) is 10.1. The summed E-state index contributed by atoms with van der Waals surface area (Å²) in [6, 6.07) is 12.4. The highest BCUT2D eigenvalue weighted by Crippen LogP contribution is 2.31. The molecule has 0 spiro atoms. The summed E-state index contributed by atoms with van der Waals surface area (Å²) < 4.78 is 35.3. The van der Waals surface area contributed by atoms with Crippen molar-refractivity contribution in [2.24, 2.45) is 7.05 Å². The Morgan fingerprint density at radius 3 is 2.64 bits per heavy atom. The highest BCUT2D eigenvalue weighted by Gasteiger charge is 2.27. The predicted molar refractivity (Wildman–Crippen MR) is 130 cm³/mol. The number of rotatable bonds is 8. The summed E-state index contributed by atoms with van der Waals surface area (Å²) in [5.41, 5.74) is 2.22. The van der Waals surface area contributed by atoms with Crippen molar-refractivity contribution in [3.05, 3.63) is 42.5 Å². The summed E-state index contributed by atoms with van der Waals surface area (Å²) in [5, 5.41) is 3.56. The van der Waals surface area contributed by atoms with Crippen LogP contribution in [0.25, 0.3) is 11.0 Å². The van der Waals surface area contributed by atoms with Crippen molar-refractivity contribution >= 4 is 44.4 Å². The summed E-state index contributed by atoms with van der Waals surface area (Å²) in [5.74, 6) is 0.308. The van der Waals surface area contributed by atoms with Gasteiger partial charge in [-0.1, -0.05) is 30.3 Å². The molecule has 3 aromatic rings. The lowest BCUT2D eigenvalue weighted by Gasteiger charge is -2.26. The Balaban J connectivity index is 1.51. The molecule has 1 saturated heterocycles. The van der Waals surface area contributed by atoms with Gasteiger partial charge in [-0.25, -0.2) is 13.4 Å². The summed E-state index contributed by atoms with van der Waals surface area (Å²) in [6.07, 6.45) is 2.76. The van der Waals surface area contributed by atoms with Crippen LogP contribution >= 0.6 is 11.8 Å². The van der Waals surface area contributed by atoms with Crippen LogP contribution in [-0.4, -0.2) is 53.6 Å². The van der Waals surface area contributed by atoms with E-state index in [0.29, 0.717) is 31.1 Å². The van der Waals surface area contributed by atoms with Crippen LogP contribution in [0, 0.1) is 0 Å². The molecule has 33 heavy (non-hydrogen) atoms. The average molecular weight is 489 g/mol. The lowest BCUT2D eigenvalue weighted by Crippen LogP contribution is -2.35. The second-order valence-corrected chi connectivity index (χ2v) is 10.7. The Bertz CT molecular complexity index is 1250. The number of hydrogen-bond donors (Lipinski definition) is 1. The fraction of sp³-hybridized carbons (Fsp3) is 0.391. The van der Waals surface area contributed by atoms with E-state index in [0.717, 1.165) is 35.5 Å². The van der Waals surface area contributed by atoms with Crippen molar-refractivity contribution in [3.63, 3.8) is 0 Å². The van der Waals surface area contributed by atoms with Gasteiger partial charge in [-0.2, -0.15) is 4.31 Å². The van der Waals surface area contributed by atoms with Crippen LogP contribution in [0.1, 0.15) is 26.2 Å². The number of carbonyl (C=O) groups excluding carboxylic acids is 1. The molecule has 1 aliphatic heterocycles. The fourth-order valence-corrected chi connectivity index (χ4v) is 6.20. The molecule has 0 unspecified atom stereocenters. The van der Waals surface area contributed by atoms with Crippen molar-refractivity contribution in [3.8, 4) is 5.75 Å². The van der Waals surface area contributed by atoms with Crippen LogP contribution in [0.5, 0.6) is 5.75 Å². The molecular formula is C23H28N4O4S2. The van der Waals surface area contributed by atoms with E-state index >= 15 is 0 Å². The maximum absolute atomic E-state index is 13.1. The zero-order valence-corrected chi connectivity index (χ0v) is 20.4. The number of para-hydroxylation sites is 2. The predicted octanol–water partition coefficient (Wildman–Crippen LogP) is 3.88. The Morgan fingerprint density at radius 2 is 1.91 bits per heavy atom. The first kappa shape index (κ1) is 23.6. The van der Waals surface area contributed by atoms with Crippen LogP contribution < -0.4 is 10.1 Å². The number of amides is 1. The third-order valence-corrected chi connectivity index (χ3v) is 8.48. The van der Waals surface area contributed by atoms with Crippen LogP contribution in [0.4, 0.5) is 5.69 Å². The number of carbonyl (C=O) groups is 1. The maximum Gasteiger partial charge on any atom is 0.243 e. The van der Waals surface area contributed by atoms with Crippen LogP contribution in [0.15, 0.2) is 52.5 Å². The van der Waals surface area contributed by atoms with Gasteiger partial charge in [0.1, 0.15) is 5.75 Å². The van der Waals surface area contributed by atoms with Crippen molar-refractivity contribution in [2.45, 2.75) is 36.2 Å². The number of sulfonamides is 1. The minimum absolute atomic E-state index is 0.131. The molecule has 10 heteroatoms. The maximum atomic E-state index is 13.1. The van der Waals surface area contributed by atoms with Gasteiger partial charge in [0.05, 0.1) is 34.0 Å². The average Bonchev–Trinajstić information content (AvgIpc) is 3.15. The number of thioether (sulfide) groups is 1. The molecule has 176 valence electrons. The number of anilines is 1. The first-order valence-corrected chi connectivity index (χ1v) is 13.4. The van der Waals surface area contributed by atoms with Gasteiger partial charge in [-0.15, -0.1) is 0 Å². The topological polar surface area (TPSA) is 93.5 Å². The first-order chi connectivity index (χ1) is 15.9. The number of nitrogens with one attached hydrogen (secondary N) is 1. The molecule has 2 aromatic carbocycles. The molecule has 1 aliphatic rings. The molecule has 8 nitrogen and oxygen atoms in total. The molecule has 0 radical (unpaired) electrons. The summed E-state index contributed by atoms with van der Waals surface area (Å²) in [6.45, 7) is 3.28. The molecule has 0 saturated carbocycles. The van der Waals surface area contributed by atoms with E-state index in [1.54, 1.807) is 12.1 Å². The second-order valence-electron chi connectivity index (χ2n) is 7.83. The van der Waals surface area contributed by atoms with E-state index in [1.165, 1.54) is 22.1 Å². The highest BCUT2D eigenvalue weighted by atomic mass is 32.2. The number of aromatic nitrogens is 2. The van der Waals surface area contributed by atoms with Gasteiger partial charge in [0, 0.05) is 20.1 Å². The molecule has 0 aliphatic carbocycles. The van der Waals surface area contributed by atoms with Gasteiger partial charge < -0.3 is 14.6 Å². The molecule has 0 atom stereocenters. The van der Waals surface area contributed by atoms with Gasteiger partial charge in [0.25, 0.3) is 0 Å². The van der Waals surface area contributed by atoms with Crippen molar-refractivity contribution in [2.75, 3.05) is 30.8 Å². The van der Waals surface area contributed by atoms with E-state index in [1.807, 2.05) is 42.8 Å². The van der Waals surface area contributed by atoms with E-state index < -0.39 is 10.0 Å². The summed E-state index contributed by atoms with van der Waals surface area (Å²) >= 11 is 1.32. The molecule has 1 N–H and O–H groups in total. The number of benzene rings is 2. The zero-order chi connectivity index (χ0) is 23.4. The van der Waals surface area contributed by atoms with Gasteiger partial charge in [-0.3, -0.25) is 4.79 Å². The number of piperidine rings is 1. The zero-order valence-electron chi connectivity index (χ0n) is 18.8. The smallest absolute Gasteiger partial charge is 0.243 e. The number of ether oxygens (including phenoxy) is 1. The normalized spacial score (nSPS) is 15.0. The molecule has 4 rings (SSSR count). The Morgan fingerprint density at radius 1 is 1.15 bits per heavy atom. The van der Waals surface area contributed by atoms with Crippen LogP contribution in [-0.2, 0) is 21.9 Å². The summed E-state index contributed by atoms with van der Waals surface area (Å²) in [7, 11) is -1.71. The Hall–Kier alpha value is -2.56. The van der Waals surface area contributed by atoms with Crippen molar-refractivity contribution in [1.29, 1.82) is 0 Å². The minimum Gasteiger partial charge on any atom is -0.492 e. The fourth-order valence-electron chi connectivity index (χ4n) is 3.87. The first-order valence-electron chi connectivity index (χ1n) is 11.0. The van der Waals surface area contributed by atoms with E-state index in [9.17, 15) is 13.2 Å². The molecule has 1 aromatic heterocycles. The number of hydrogen-bond acceptors (Lipinski definition) is 6. The lowest BCUT2D eigenvalue weighted by atomic mass is 10.2. The Kier molecular flexibility index (Phi) is 7.26. The number of nitrogens with zero attached hydrogens (tertiary/aromatic N) is 3. The number of fused-ring (bicyclic) bond motifs is 1. The standard InChI is InChI=1S/C23H28N4O4S2/c1-3-31-21-12-11-17(33(29,30)27-13-7-4-8-14-27)15-19(21)24-22(28)16-32-23-25-18-9-5-6-10-20(18)26(23)2/h5-6,9-12,15H,3-4,7-8,13-14,16H2,1-2H3,(H,24,28). The van der Waals surface area contributed by atoms with Gasteiger partial charge >= 0.3 is 0 Å². The van der Waals surface area contributed by atoms with Gasteiger partial charge in [-0.05, 0) is 50.1 Å². The molecule has 2 heterocycles. The monoisotopic (exact) mass is 488 g/mol. The number of imidazole rings is 1. The third kappa shape index (κ3) is 5.18. The quantitative estimate of drug-likeness (QED) is 0.484. The highest BCUT2D eigenvalue weighted by molar-refractivity contribution is 7.99. The van der Waals surface area contributed by atoms with Crippen LogP contribution in [0.3, 0.4) is 0 Å². The van der Waals surface area contributed by atoms with E-state index in [-0.39, 0.29) is 16.6 Å². The van der Waals surface area contributed by atoms with E-state index in [4.69, 9.17) is 4.74 Å². The van der Waals surface area contributed by atoms with Crippen molar-refractivity contribution in [1.82, 2.24) is 13.9 Å². The molecular weight excluding hydrogens is 460 g/mol. The summed E-state index contributed by atoms with van der Waals surface area (Å²) in [4.78, 5) is 17.5. The van der Waals surface area contributed by atoms with Crippen LogP contribution in [0.2, 0.25) is 0 Å². The third-order valence-electron chi connectivity index (χ3n) is 5.56. The molecule has 1 amide bonds. The van der Waals surface area contributed by atoms with Gasteiger partial charge in [0.15, 0.2) is 5.16 Å². The lowest BCUT2D eigenvalue weighted by molar-refractivity contribution is -0.113. The minimum atomic E-state index is -3.62. The largest absolute Gasteiger partial charge is 0.492 e. The van der Waals surface area contributed by atoms with Crippen molar-refractivity contribution < 1.29 is 17.9 Å². The molecule has 1 fully saturated rings. The number of aryl methyl sites for hydroxylation is 1. The van der Waals surface area contributed by atoms with Gasteiger partial charge in [0.2, 0.25) is 15.9 Å². The SMILES string of the molecule is CCOc1ccc(S(=O)(=O)N2CCCCC2)cc1NC(=O)CSc1nc2ccccc2n1C.